The highest BCUT2D eigenvalue weighted by Crippen LogP contribution is 2.21. The zero-order valence-corrected chi connectivity index (χ0v) is 6.76. The number of benzene rings is 1. The second-order valence-electron chi connectivity index (χ2n) is 2.14. The Morgan fingerprint density at radius 3 is 1.92 bits per heavy atom. The van der Waals surface area contributed by atoms with Gasteiger partial charge in [0, 0.05) is 5.02 Å². The van der Waals surface area contributed by atoms with Gasteiger partial charge >= 0.3 is 0 Å². The van der Waals surface area contributed by atoms with E-state index in [1.54, 1.807) is 0 Å². The van der Waals surface area contributed by atoms with Crippen molar-refractivity contribution in [3.63, 3.8) is 0 Å². The van der Waals surface area contributed by atoms with E-state index in [9.17, 15) is 0 Å². The third kappa shape index (κ3) is 1.32. The van der Waals surface area contributed by atoms with E-state index in [4.69, 9.17) is 27.9 Å². The van der Waals surface area contributed by atoms with Crippen LogP contribution < -0.4 is 5.73 Å². The van der Waals surface area contributed by atoms with Crippen LogP contribution in [-0.4, -0.2) is 0 Å². The summed E-state index contributed by atoms with van der Waals surface area (Å²) in [5, 5.41) is 17.5. The normalized spacial score (nSPS) is 8.58. The summed E-state index contributed by atoms with van der Waals surface area (Å²) in [5.41, 5.74) is 6.12. The van der Waals surface area contributed by atoms with Crippen molar-refractivity contribution in [2.45, 2.75) is 0 Å². The maximum atomic E-state index is 8.56. The molecule has 0 radical (unpaired) electrons. The van der Waals surface area contributed by atoms with Gasteiger partial charge in [-0.25, -0.2) is 0 Å². The molecule has 0 saturated carbocycles. The number of nitrogen functional groups attached to an aromatic ring is 1. The molecule has 1 rings (SSSR count). The molecule has 0 heterocycles. The maximum Gasteiger partial charge on any atom is 0.101 e. The number of rotatable bonds is 0. The van der Waals surface area contributed by atoms with E-state index in [0.717, 1.165) is 0 Å². The molecule has 1 aromatic rings. The minimum Gasteiger partial charge on any atom is -0.397 e. The van der Waals surface area contributed by atoms with E-state index < -0.39 is 0 Å². The molecule has 0 spiro atoms. The smallest absolute Gasteiger partial charge is 0.101 e. The molecule has 0 aliphatic carbocycles. The van der Waals surface area contributed by atoms with Crippen LogP contribution >= 0.6 is 11.6 Å². The zero-order chi connectivity index (χ0) is 9.14. The fraction of sp³-hybridized carbons (Fsp3) is 0. The number of nitrogens with zero attached hydrogens (tertiary/aromatic N) is 2. The minimum absolute atomic E-state index is 0.185. The SMILES string of the molecule is N#Cc1cc(Cl)cc(C#N)c1N. The van der Waals surface area contributed by atoms with Crippen molar-refractivity contribution < 1.29 is 0 Å². The van der Waals surface area contributed by atoms with Crippen LogP contribution in [0, 0.1) is 22.7 Å². The van der Waals surface area contributed by atoms with Crippen LogP contribution in [0.4, 0.5) is 5.69 Å². The zero-order valence-electron chi connectivity index (χ0n) is 6.00. The van der Waals surface area contributed by atoms with Crippen molar-refractivity contribution in [2.75, 3.05) is 5.73 Å². The summed E-state index contributed by atoms with van der Waals surface area (Å²) in [6.45, 7) is 0. The van der Waals surface area contributed by atoms with Crippen molar-refractivity contribution in [1.82, 2.24) is 0 Å². The number of hydrogen-bond acceptors (Lipinski definition) is 3. The lowest BCUT2D eigenvalue weighted by Gasteiger charge is -1.99. The molecule has 0 atom stereocenters. The second kappa shape index (κ2) is 3.13. The van der Waals surface area contributed by atoms with Crippen molar-refractivity contribution in [3.05, 3.63) is 28.3 Å². The molecule has 0 aromatic heterocycles. The molecular weight excluding hydrogens is 174 g/mol. The van der Waals surface area contributed by atoms with Crippen molar-refractivity contribution >= 4 is 17.3 Å². The first-order chi connectivity index (χ1) is 5.69. The first kappa shape index (κ1) is 8.39. The number of halogens is 1. The topological polar surface area (TPSA) is 73.6 Å². The van der Waals surface area contributed by atoms with Crippen LogP contribution in [0.25, 0.3) is 0 Å². The van der Waals surface area contributed by atoms with Crippen LogP contribution in [-0.2, 0) is 0 Å². The van der Waals surface area contributed by atoms with E-state index in [-0.39, 0.29) is 16.8 Å². The van der Waals surface area contributed by atoms with E-state index in [0.29, 0.717) is 5.02 Å². The Bertz CT molecular complexity index is 363. The summed E-state index contributed by atoms with van der Waals surface area (Å²) < 4.78 is 0. The van der Waals surface area contributed by atoms with E-state index >= 15 is 0 Å². The summed E-state index contributed by atoms with van der Waals surface area (Å²) in [6, 6.07) is 6.56. The van der Waals surface area contributed by atoms with Gasteiger partial charge in [0.15, 0.2) is 0 Å². The van der Waals surface area contributed by atoms with Crippen LogP contribution in [0.5, 0.6) is 0 Å². The molecule has 0 aliphatic rings. The summed E-state index contributed by atoms with van der Waals surface area (Å²) in [4.78, 5) is 0. The molecule has 0 bridgehead atoms. The monoisotopic (exact) mass is 177 g/mol. The molecule has 58 valence electrons. The molecule has 0 saturated heterocycles. The summed E-state index contributed by atoms with van der Waals surface area (Å²) in [6.07, 6.45) is 0. The average molecular weight is 178 g/mol. The molecule has 2 N–H and O–H groups in total. The van der Waals surface area contributed by atoms with E-state index in [2.05, 4.69) is 0 Å². The Hall–Kier alpha value is -1.71. The molecule has 4 heteroatoms. The molecule has 0 amide bonds. The summed E-state index contributed by atoms with van der Waals surface area (Å²) in [7, 11) is 0. The van der Waals surface area contributed by atoms with Crippen LogP contribution in [0.15, 0.2) is 12.1 Å². The third-order valence-electron chi connectivity index (χ3n) is 1.39. The number of nitrogens with two attached hydrogens (primary N) is 1. The van der Waals surface area contributed by atoms with Gasteiger partial charge in [0.05, 0.1) is 16.8 Å². The molecular formula is C8H4ClN3. The lowest BCUT2D eigenvalue weighted by Crippen LogP contribution is -1.94. The van der Waals surface area contributed by atoms with Crippen LogP contribution in [0.1, 0.15) is 11.1 Å². The number of anilines is 1. The van der Waals surface area contributed by atoms with Gasteiger partial charge < -0.3 is 5.73 Å². The molecule has 0 fully saturated rings. The Labute approximate surface area is 74.6 Å². The fourth-order valence-corrected chi connectivity index (χ4v) is 1.02. The molecule has 3 nitrogen and oxygen atoms in total. The first-order valence-corrected chi connectivity index (χ1v) is 3.46. The fourth-order valence-electron chi connectivity index (χ4n) is 0.803. The predicted octanol–water partition coefficient (Wildman–Crippen LogP) is 1.67. The highest BCUT2D eigenvalue weighted by molar-refractivity contribution is 6.31. The van der Waals surface area contributed by atoms with Crippen LogP contribution in [0.2, 0.25) is 5.02 Å². The molecule has 1 aromatic carbocycles. The highest BCUT2D eigenvalue weighted by Gasteiger charge is 2.05. The minimum atomic E-state index is 0.185. The van der Waals surface area contributed by atoms with Crippen molar-refractivity contribution in [2.24, 2.45) is 0 Å². The Morgan fingerprint density at radius 2 is 1.58 bits per heavy atom. The van der Waals surface area contributed by atoms with Gasteiger partial charge in [0.2, 0.25) is 0 Å². The lowest BCUT2D eigenvalue weighted by atomic mass is 10.1. The Balaban J connectivity index is 3.48. The largest absolute Gasteiger partial charge is 0.397 e. The van der Waals surface area contributed by atoms with Gasteiger partial charge in [0.25, 0.3) is 0 Å². The van der Waals surface area contributed by atoms with Crippen LogP contribution in [0.3, 0.4) is 0 Å². The highest BCUT2D eigenvalue weighted by atomic mass is 35.5. The average Bonchev–Trinajstić information content (AvgIpc) is 2.08. The van der Waals surface area contributed by atoms with Crippen molar-refractivity contribution in [3.8, 4) is 12.1 Å². The number of nitriles is 2. The van der Waals surface area contributed by atoms with Gasteiger partial charge in [-0.3, -0.25) is 0 Å². The molecule has 0 unspecified atom stereocenters. The number of hydrogen-bond donors (Lipinski definition) is 1. The lowest BCUT2D eigenvalue weighted by molar-refractivity contribution is 1.45. The molecule has 0 aliphatic heterocycles. The second-order valence-corrected chi connectivity index (χ2v) is 2.57. The molecule has 12 heavy (non-hydrogen) atoms. The standard InChI is InChI=1S/C8H4ClN3/c9-7-1-5(3-10)8(12)6(2-7)4-11/h1-2H,12H2. The van der Waals surface area contributed by atoms with Gasteiger partial charge in [-0.05, 0) is 12.1 Å². The van der Waals surface area contributed by atoms with Gasteiger partial charge in [0.1, 0.15) is 12.1 Å². The summed E-state index contributed by atoms with van der Waals surface area (Å²) >= 11 is 5.62. The first-order valence-electron chi connectivity index (χ1n) is 3.08. The quantitative estimate of drug-likeness (QED) is 0.613. The summed E-state index contributed by atoms with van der Waals surface area (Å²) in [5.74, 6) is 0. The third-order valence-corrected chi connectivity index (χ3v) is 1.60. The van der Waals surface area contributed by atoms with Gasteiger partial charge in [-0.2, -0.15) is 10.5 Å². The predicted molar refractivity (Wildman–Crippen MR) is 45.3 cm³/mol. The maximum absolute atomic E-state index is 8.56. The Kier molecular flexibility index (Phi) is 2.19. The Morgan fingerprint density at radius 1 is 1.17 bits per heavy atom. The van der Waals surface area contributed by atoms with E-state index in [1.165, 1.54) is 12.1 Å². The van der Waals surface area contributed by atoms with E-state index in [1.807, 2.05) is 12.1 Å². The van der Waals surface area contributed by atoms with Gasteiger partial charge in [-0.1, -0.05) is 11.6 Å². The van der Waals surface area contributed by atoms with Crippen molar-refractivity contribution in [1.29, 1.82) is 10.5 Å². The van der Waals surface area contributed by atoms with Gasteiger partial charge in [-0.15, -0.1) is 0 Å².